The molecular weight excluding hydrogens is 326 g/mol. The van der Waals surface area contributed by atoms with E-state index in [1.807, 2.05) is 31.2 Å². The van der Waals surface area contributed by atoms with E-state index < -0.39 is 6.10 Å². The highest BCUT2D eigenvalue weighted by atomic mass is 32.1. The second kappa shape index (κ2) is 7.00. The van der Waals surface area contributed by atoms with Gasteiger partial charge in [0.2, 0.25) is 5.91 Å². The summed E-state index contributed by atoms with van der Waals surface area (Å²) in [4.78, 5) is 30.4. The van der Waals surface area contributed by atoms with E-state index in [-0.39, 0.29) is 18.2 Å². The summed E-state index contributed by atoms with van der Waals surface area (Å²) in [6.45, 7) is 4.03. The first-order valence-electron chi connectivity index (χ1n) is 7.89. The normalized spacial score (nSPS) is 16.5. The van der Waals surface area contributed by atoms with Gasteiger partial charge >= 0.3 is 0 Å². The van der Waals surface area contributed by atoms with Crippen LogP contribution in [0, 0.1) is 0 Å². The fourth-order valence-electron chi connectivity index (χ4n) is 2.61. The highest BCUT2D eigenvalue weighted by Crippen LogP contribution is 2.33. The number of hydrogen-bond acceptors (Lipinski definition) is 5. The van der Waals surface area contributed by atoms with Crippen LogP contribution < -0.4 is 15.0 Å². The number of benzene rings is 1. The average Bonchev–Trinajstić information content (AvgIpc) is 3.02. The Labute approximate surface area is 144 Å². The zero-order valence-electron chi connectivity index (χ0n) is 13.6. The Balaban J connectivity index is 1.67. The van der Waals surface area contributed by atoms with Gasteiger partial charge in [0, 0.05) is 13.0 Å². The molecule has 1 N–H and O–H groups in total. The van der Waals surface area contributed by atoms with E-state index in [4.69, 9.17) is 4.74 Å². The Bertz CT molecular complexity index is 759. The first-order chi connectivity index (χ1) is 11.6. The number of thiazole rings is 1. The lowest BCUT2D eigenvalue weighted by atomic mass is 10.1. The molecule has 1 aromatic heterocycles. The van der Waals surface area contributed by atoms with Crippen LogP contribution in [0.5, 0.6) is 5.75 Å². The smallest absolute Gasteiger partial charge is 0.267 e. The summed E-state index contributed by atoms with van der Waals surface area (Å²) >= 11 is 1.41. The quantitative estimate of drug-likeness (QED) is 0.904. The van der Waals surface area contributed by atoms with Crippen molar-refractivity contribution in [3.8, 4) is 5.75 Å². The predicted octanol–water partition coefficient (Wildman–Crippen LogP) is 2.85. The summed E-state index contributed by atoms with van der Waals surface area (Å²) in [5.41, 5.74) is 3.31. The third-order valence-electron chi connectivity index (χ3n) is 3.87. The summed E-state index contributed by atoms with van der Waals surface area (Å²) in [5, 5.41) is 3.66. The maximum atomic E-state index is 12.4. The molecule has 0 unspecified atom stereocenters. The number of anilines is 2. The Morgan fingerprint density at radius 1 is 1.42 bits per heavy atom. The fraction of sp³-hybridized carbons (Fsp3) is 0.353. The first kappa shape index (κ1) is 16.4. The van der Waals surface area contributed by atoms with Crippen molar-refractivity contribution in [2.75, 3.05) is 16.8 Å². The largest absolute Gasteiger partial charge is 0.479 e. The van der Waals surface area contributed by atoms with Crippen molar-refractivity contribution in [3.63, 3.8) is 0 Å². The van der Waals surface area contributed by atoms with Crippen LogP contribution in [0.1, 0.15) is 26.0 Å². The van der Waals surface area contributed by atoms with Crippen molar-refractivity contribution >= 4 is 33.8 Å². The number of fused-ring (bicyclic) bond motifs is 1. The molecular formula is C17H19N3O3S. The minimum absolute atomic E-state index is 0.127. The third-order valence-corrected chi connectivity index (χ3v) is 4.65. The van der Waals surface area contributed by atoms with Gasteiger partial charge in [-0.05, 0) is 25.5 Å². The van der Waals surface area contributed by atoms with E-state index >= 15 is 0 Å². The van der Waals surface area contributed by atoms with Gasteiger partial charge in [-0.1, -0.05) is 19.1 Å². The predicted molar refractivity (Wildman–Crippen MR) is 93.6 cm³/mol. The molecule has 126 valence electrons. The van der Waals surface area contributed by atoms with Crippen LogP contribution >= 0.6 is 11.3 Å². The molecule has 7 heteroatoms. The van der Waals surface area contributed by atoms with Gasteiger partial charge in [-0.15, -0.1) is 11.3 Å². The van der Waals surface area contributed by atoms with Gasteiger partial charge in [0.05, 0.1) is 16.9 Å². The summed E-state index contributed by atoms with van der Waals surface area (Å²) in [6, 6.07) is 7.37. The Hall–Kier alpha value is -2.41. The number of nitrogens with zero attached hydrogens (tertiary/aromatic N) is 2. The molecule has 0 fully saturated rings. The molecule has 1 aromatic carbocycles. The van der Waals surface area contributed by atoms with Crippen LogP contribution in [-0.2, 0) is 16.0 Å². The maximum Gasteiger partial charge on any atom is 0.267 e. The number of aromatic nitrogens is 1. The Morgan fingerprint density at radius 3 is 3.00 bits per heavy atom. The number of carbonyl (C=O) groups is 2. The fourth-order valence-corrected chi connectivity index (χ4v) is 3.41. The van der Waals surface area contributed by atoms with Crippen molar-refractivity contribution < 1.29 is 14.3 Å². The van der Waals surface area contributed by atoms with Crippen LogP contribution in [0.15, 0.2) is 29.8 Å². The van der Waals surface area contributed by atoms with Crippen LogP contribution in [0.3, 0.4) is 0 Å². The molecule has 1 aliphatic rings. The number of ether oxygens (including phenoxy) is 1. The molecule has 0 spiro atoms. The van der Waals surface area contributed by atoms with Gasteiger partial charge in [0.25, 0.3) is 5.91 Å². The zero-order chi connectivity index (χ0) is 17.1. The van der Waals surface area contributed by atoms with Crippen molar-refractivity contribution in [2.45, 2.75) is 32.8 Å². The highest BCUT2D eigenvalue weighted by Gasteiger charge is 2.31. The van der Waals surface area contributed by atoms with E-state index in [0.717, 1.165) is 17.1 Å². The molecule has 0 aliphatic carbocycles. The molecule has 3 rings (SSSR count). The lowest BCUT2D eigenvalue weighted by molar-refractivity contribution is -0.125. The summed E-state index contributed by atoms with van der Waals surface area (Å²) < 4.78 is 5.60. The maximum absolute atomic E-state index is 12.4. The molecule has 2 heterocycles. The van der Waals surface area contributed by atoms with Crippen molar-refractivity contribution in [1.82, 2.24) is 4.98 Å². The monoisotopic (exact) mass is 345 g/mol. The van der Waals surface area contributed by atoms with Crippen molar-refractivity contribution in [3.05, 3.63) is 35.5 Å². The standard InChI is InChI=1S/C17H19N3O3S/c1-3-12-16(24-10-18-12)19-15(21)8-9-20-13-6-4-5-7-14(13)23-11(2)17(20)22/h4-7,10-11H,3,8-9H2,1-2H3,(H,19,21)/t11-/m0/s1. The van der Waals surface area contributed by atoms with Gasteiger partial charge in [-0.2, -0.15) is 0 Å². The molecule has 0 bridgehead atoms. The van der Waals surface area contributed by atoms with Crippen LogP contribution in [-0.4, -0.2) is 29.4 Å². The van der Waals surface area contributed by atoms with Gasteiger partial charge in [-0.25, -0.2) is 4.98 Å². The molecule has 2 amide bonds. The summed E-state index contributed by atoms with van der Waals surface area (Å²) in [7, 11) is 0. The second-order valence-electron chi connectivity index (χ2n) is 5.50. The molecule has 0 radical (unpaired) electrons. The number of nitrogens with one attached hydrogen (secondary N) is 1. The molecule has 0 saturated heterocycles. The van der Waals surface area contributed by atoms with Crippen molar-refractivity contribution in [1.29, 1.82) is 0 Å². The van der Waals surface area contributed by atoms with Gasteiger partial charge in [0.15, 0.2) is 6.10 Å². The molecule has 24 heavy (non-hydrogen) atoms. The topological polar surface area (TPSA) is 71.5 Å². The molecule has 6 nitrogen and oxygen atoms in total. The molecule has 1 atom stereocenters. The zero-order valence-corrected chi connectivity index (χ0v) is 14.4. The van der Waals surface area contributed by atoms with Crippen LogP contribution in [0.2, 0.25) is 0 Å². The number of carbonyl (C=O) groups excluding carboxylic acids is 2. The Morgan fingerprint density at radius 2 is 2.21 bits per heavy atom. The summed E-state index contributed by atoms with van der Waals surface area (Å²) in [6.07, 6.45) is 0.441. The Kier molecular flexibility index (Phi) is 4.80. The minimum Gasteiger partial charge on any atom is -0.479 e. The van der Waals surface area contributed by atoms with E-state index in [0.29, 0.717) is 18.0 Å². The van der Waals surface area contributed by atoms with Gasteiger partial charge in [0.1, 0.15) is 10.8 Å². The number of rotatable bonds is 5. The summed E-state index contributed by atoms with van der Waals surface area (Å²) in [5.74, 6) is 0.410. The molecule has 1 aliphatic heterocycles. The van der Waals surface area contributed by atoms with Crippen LogP contribution in [0.25, 0.3) is 0 Å². The molecule has 2 aromatic rings. The van der Waals surface area contributed by atoms with E-state index in [2.05, 4.69) is 10.3 Å². The number of para-hydroxylation sites is 2. The third kappa shape index (κ3) is 3.26. The second-order valence-corrected chi connectivity index (χ2v) is 6.35. The molecule has 0 saturated carbocycles. The first-order valence-corrected chi connectivity index (χ1v) is 8.77. The van der Waals surface area contributed by atoms with E-state index in [1.165, 1.54) is 11.3 Å². The van der Waals surface area contributed by atoms with Gasteiger partial charge < -0.3 is 15.0 Å². The highest BCUT2D eigenvalue weighted by molar-refractivity contribution is 7.14. The number of aryl methyl sites for hydroxylation is 1. The van der Waals surface area contributed by atoms with E-state index in [9.17, 15) is 9.59 Å². The SMILES string of the molecule is CCc1ncsc1NC(=O)CCN1C(=O)[C@H](C)Oc2ccccc21. The number of amides is 2. The average molecular weight is 345 g/mol. The lowest BCUT2D eigenvalue weighted by Crippen LogP contribution is -2.45. The lowest BCUT2D eigenvalue weighted by Gasteiger charge is -2.32. The van der Waals surface area contributed by atoms with Crippen LogP contribution in [0.4, 0.5) is 10.7 Å². The number of hydrogen-bond donors (Lipinski definition) is 1. The van der Waals surface area contributed by atoms with E-state index in [1.54, 1.807) is 17.3 Å². The minimum atomic E-state index is -0.545. The van der Waals surface area contributed by atoms with Gasteiger partial charge in [-0.3, -0.25) is 9.59 Å². The van der Waals surface area contributed by atoms with Crippen molar-refractivity contribution in [2.24, 2.45) is 0 Å².